The lowest BCUT2D eigenvalue weighted by Gasteiger charge is -2.24. The lowest BCUT2D eigenvalue weighted by atomic mass is 9.88. The monoisotopic (exact) mass is 293 g/mol. The topological polar surface area (TPSA) is 58.6 Å². The van der Waals surface area contributed by atoms with E-state index in [0.717, 1.165) is 25.0 Å². The van der Waals surface area contributed by atoms with Gasteiger partial charge in [0.25, 0.3) is 5.91 Å². The fraction of sp³-hybridized carbons (Fsp3) is 0.588. The van der Waals surface area contributed by atoms with Crippen molar-refractivity contribution >= 4 is 5.91 Å². The molecule has 0 radical (unpaired) electrons. The first-order valence-corrected chi connectivity index (χ1v) is 7.56. The van der Waals surface area contributed by atoms with Crippen LogP contribution in [0.4, 0.5) is 0 Å². The van der Waals surface area contributed by atoms with Crippen LogP contribution in [-0.4, -0.2) is 30.8 Å². The molecule has 0 aliphatic carbocycles. The van der Waals surface area contributed by atoms with E-state index in [1.54, 1.807) is 0 Å². The molecule has 0 saturated heterocycles. The third kappa shape index (κ3) is 7.14. The molecule has 21 heavy (non-hydrogen) atoms. The van der Waals surface area contributed by atoms with Gasteiger partial charge in [-0.05, 0) is 42.4 Å². The summed E-state index contributed by atoms with van der Waals surface area (Å²) in [5, 5.41) is 11.7. The Kier molecular flexibility index (Phi) is 7.23. The molecule has 0 fully saturated rings. The van der Waals surface area contributed by atoms with Crippen LogP contribution in [0.5, 0.6) is 5.75 Å². The minimum Gasteiger partial charge on any atom is -0.484 e. The zero-order valence-corrected chi connectivity index (χ0v) is 13.3. The number of amides is 1. The molecular weight excluding hydrogens is 266 g/mol. The Morgan fingerprint density at radius 2 is 2.14 bits per heavy atom. The normalized spacial score (nSPS) is 11.2. The number of carbonyl (C=O) groups is 1. The van der Waals surface area contributed by atoms with Gasteiger partial charge in [0.2, 0.25) is 0 Å². The van der Waals surface area contributed by atoms with Crippen LogP contribution in [0.2, 0.25) is 0 Å². The van der Waals surface area contributed by atoms with E-state index in [4.69, 9.17) is 9.84 Å². The molecule has 0 saturated carbocycles. The van der Waals surface area contributed by atoms with Gasteiger partial charge in [-0.2, -0.15) is 0 Å². The molecule has 4 nitrogen and oxygen atoms in total. The second-order valence-corrected chi connectivity index (χ2v) is 6.06. The molecule has 0 atom stereocenters. The number of nitrogens with one attached hydrogen (secondary N) is 1. The molecule has 0 aliphatic rings. The number of aliphatic hydroxyl groups excluding tert-OH is 1. The first-order valence-electron chi connectivity index (χ1n) is 7.56. The molecule has 118 valence electrons. The van der Waals surface area contributed by atoms with Crippen LogP contribution in [0.25, 0.3) is 0 Å². The highest BCUT2D eigenvalue weighted by Gasteiger charge is 2.18. The summed E-state index contributed by atoms with van der Waals surface area (Å²) >= 11 is 0. The summed E-state index contributed by atoms with van der Waals surface area (Å²) in [5.41, 5.74) is 1.18. The minimum absolute atomic E-state index is 0.0134. The molecule has 4 heteroatoms. The van der Waals surface area contributed by atoms with Crippen molar-refractivity contribution in [3.8, 4) is 5.75 Å². The minimum atomic E-state index is -0.117. The number of carbonyl (C=O) groups excluding carboxylic acids is 1. The molecule has 0 aromatic heterocycles. The van der Waals surface area contributed by atoms with E-state index < -0.39 is 0 Å². The van der Waals surface area contributed by atoms with Gasteiger partial charge < -0.3 is 15.2 Å². The highest BCUT2D eigenvalue weighted by atomic mass is 16.5. The Labute approximate surface area is 127 Å². The van der Waals surface area contributed by atoms with Crippen molar-refractivity contribution in [3.05, 3.63) is 29.8 Å². The van der Waals surface area contributed by atoms with Gasteiger partial charge in [0.1, 0.15) is 5.75 Å². The van der Waals surface area contributed by atoms with E-state index >= 15 is 0 Å². The van der Waals surface area contributed by atoms with E-state index in [1.165, 1.54) is 5.56 Å². The maximum absolute atomic E-state index is 11.8. The molecule has 0 unspecified atom stereocenters. The zero-order chi connectivity index (χ0) is 15.7. The van der Waals surface area contributed by atoms with Crippen LogP contribution in [0.3, 0.4) is 0 Å². The van der Waals surface area contributed by atoms with E-state index in [0.29, 0.717) is 6.54 Å². The summed E-state index contributed by atoms with van der Waals surface area (Å²) < 4.78 is 5.50. The summed E-state index contributed by atoms with van der Waals surface area (Å²) in [6, 6.07) is 7.79. The van der Waals surface area contributed by atoms with Crippen molar-refractivity contribution in [2.75, 3.05) is 19.8 Å². The zero-order valence-electron chi connectivity index (χ0n) is 13.3. The van der Waals surface area contributed by atoms with Gasteiger partial charge in [-0.25, -0.2) is 0 Å². The van der Waals surface area contributed by atoms with Gasteiger partial charge in [0, 0.05) is 13.2 Å². The Morgan fingerprint density at radius 3 is 2.81 bits per heavy atom. The highest BCUT2D eigenvalue weighted by Crippen LogP contribution is 2.20. The smallest absolute Gasteiger partial charge is 0.257 e. The first kappa shape index (κ1) is 17.5. The summed E-state index contributed by atoms with van der Waals surface area (Å²) in [5.74, 6) is 0.609. The molecule has 1 aromatic rings. The molecule has 0 bridgehead atoms. The number of benzene rings is 1. The Morgan fingerprint density at radius 1 is 1.38 bits per heavy atom. The maximum atomic E-state index is 11.8. The van der Waals surface area contributed by atoms with Crippen LogP contribution in [0.1, 0.15) is 39.2 Å². The summed E-state index contributed by atoms with van der Waals surface area (Å²) in [6.07, 6.45) is 2.58. The fourth-order valence-corrected chi connectivity index (χ4v) is 2.04. The third-order valence-electron chi connectivity index (χ3n) is 3.45. The van der Waals surface area contributed by atoms with Crippen LogP contribution in [0.15, 0.2) is 24.3 Å². The van der Waals surface area contributed by atoms with Gasteiger partial charge >= 0.3 is 0 Å². The van der Waals surface area contributed by atoms with Crippen molar-refractivity contribution < 1.29 is 14.6 Å². The lowest BCUT2D eigenvalue weighted by Crippen LogP contribution is -2.36. The highest BCUT2D eigenvalue weighted by molar-refractivity contribution is 5.77. The fourth-order valence-electron chi connectivity index (χ4n) is 2.04. The molecule has 1 rings (SSSR count). The van der Waals surface area contributed by atoms with Crippen LogP contribution in [0, 0.1) is 5.41 Å². The van der Waals surface area contributed by atoms with E-state index in [1.807, 2.05) is 24.3 Å². The number of ether oxygens (including phenoxy) is 1. The maximum Gasteiger partial charge on any atom is 0.257 e. The second-order valence-electron chi connectivity index (χ2n) is 6.06. The number of hydrogen-bond donors (Lipinski definition) is 2. The van der Waals surface area contributed by atoms with E-state index in [-0.39, 0.29) is 24.5 Å². The summed E-state index contributed by atoms with van der Waals surface area (Å²) in [7, 11) is 0. The number of aliphatic hydroxyl groups is 1. The largest absolute Gasteiger partial charge is 0.484 e. The average Bonchev–Trinajstić information content (AvgIpc) is 2.49. The van der Waals surface area contributed by atoms with Gasteiger partial charge in [-0.15, -0.1) is 0 Å². The predicted octanol–water partition coefficient (Wildman–Crippen LogP) is 2.54. The molecule has 0 aliphatic heterocycles. The summed E-state index contributed by atoms with van der Waals surface area (Å²) in [6.45, 7) is 7.05. The number of aryl methyl sites for hydroxylation is 1. The molecular formula is C17H27NO3. The second kappa shape index (κ2) is 8.67. The van der Waals surface area contributed by atoms with Crippen molar-refractivity contribution in [1.29, 1.82) is 0 Å². The SMILES string of the molecule is CCc1cccc(OCC(=O)NCC(C)(C)CCCO)c1. The van der Waals surface area contributed by atoms with Crippen molar-refractivity contribution in [2.45, 2.75) is 40.0 Å². The first-order chi connectivity index (χ1) is 9.96. The van der Waals surface area contributed by atoms with Gasteiger partial charge in [-0.1, -0.05) is 32.9 Å². The average molecular weight is 293 g/mol. The molecule has 1 aromatic carbocycles. The van der Waals surface area contributed by atoms with Gasteiger partial charge in [0.15, 0.2) is 6.61 Å². The molecule has 2 N–H and O–H groups in total. The van der Waals surface area contributed by atoms with Gasteiger partial charge in [0.05, 0.1) is 0 Å². The number of hydrogen-bond acceptors (Lipinski definition) is 3. The van der Waals surface area contributed by atoms with Crippen LogP contribution >= 0.6 is 0 Å². The molecule has 0 spiro atoms. The number of rotatable bonds is 9. The standard InChI is InChI=1S/C17H27NO3/c1-4-14-7-5-8-15(11-14)21-12-16(20)18-13-17(2,3)9-6-10-19/h5,7-8,11,19H,4,6,9-10,12-13H2,1-3H3,(H,18,20). The molecule has 0 heterocycles. The summed E-state index contributed by atoms with van der Waals surface area (Å²) in [4.78, 5) is 11.8. The van der Waals surface area contributed by atoms with E-state index in [9.17, 15) is 4.79 Å². The van der Waals surface area contributed by atoms with Crippen LogP contribution < -0.4 is 10.1 Å². The predicted molar refractivity (Wildman–Crippen MR) is 84.4 cm³/mol. The third-order valence-corrected chi connectivity index (χ3v) is 3.45. The van der Waals surface area contributed by atoms with Crippen molar-refractivity contribution in [2.24, 2.45) is 5.41 Å². The molecule has 1 amide bonds. The Hall–Kier alpha value is -1.55. The van der Waals surface area contributed by atoms with Crippen molar-refractivity contribution in [3.63, 3.8) is 0 Å². The lowest BCUT2D eigenvalue weighted by molar-refractivity contribution is -0.123. The van der Waals surface area contributed by atoms with Crippen LogP contribution in [-0.2, 0) is 11.2 Å². The Balaban J connectivity index is 2.33. The quantitative estimate of drug-likeness (QED) is 0.735. The van der Waals surface area contributed by atoms with Crippen molar-refractivity contribution in [1.82, 2.24) is 5.32 Å². The van der Waals surface area contributed by atoms with Gasteiger partial charge in [-0.3, -0.25) is 4.79 Å². The Bertz CT molecular complexity index is 443. The van der Waals surface area contributed by atoms with E-state index in [2.05, 4.69) is 26.1 Å².